The Morgan fingerprint density at radius 2 is 0.671 bits per heavy atom. The van der Waals surface area contributed by atoms with Crippen LogP contribution in [0.25, 0.3) is 0 Å². The molecule has 3 saturated carbocycles. The highest BCUT2D eigenvalue weighted by molar-refractivity contribution is 6.32. The van der Waals surface area contributed by atoms with Crippen molar-refractivity contribution in [1.29, 1.82) is 0 Å². The summed E-state index contributed by atoms with van der Waals surface area (Å²) in [5.74, 6) is 6.28. The van der Waals surface area contributed by atoms with Crippen molar-refractivity contribution in [1.82, 2.24) is 4.90 Å². The van der Waals surface area contributed by atoms with E-state index in [1.807, 2.05) is 72.8 Å². The highest BCUT2D eigenvalue weighted by Crippen LogP contribution is 2.42. The number of hydrogen-bond acceptors (Lipinski definition) is 13. The van der Waals surface area contributed by atoms with E-state index in [2.05, 4.69) is 78.3 Å². The zero-order valence-electron chi connectivity index (χ0n) is 42.6. The van der Waals surface area contributed by atoms with E-state index in [0.717, 1.165) is 38.5 Å². The van der Waals surface area contributed by atoms with Gasteiger partial charge in [-0.25, -0.2) is 4.90 Å². The summed E-state index contributed by atoms with van der Waals surface area (Å²) in [5.41, 5.74) is 4.23. The van der Waals surface area contributed by atoms with E-state index in [0.29, 0.717) is 87.0 Å². The molecule has 6 aliphatic rings. The number of Topliss-reactive ketones (excluding diaryl/α,β-unsaturated/α-hetero) is 3. The maximum Gasteiger partial charge on any atom is 0.246 e. The van der Waals surface area contributed by atoms with E-state index >= 15 is 0 Å². The van der Waals surface area contributed by atoms with Crippen molar-refractivity contribution in [3.05, 3.63) is 89.5 Å². The summed E-state index contributed by atoms with van der Waals surface area (Å²) in [6.07, 6.45) is 9.53. The van der Waals surface area contributed by atoms with Gasteiger partial charge in [-0.05, 0) is 165 Å². The molecule has 3 aliphatic carbocycles. The number of carbonyl (C=O) groups is 3. The summed E-state index contributed by atoms with van der Waals surface area (Å²) < 4.78 is 0. The number of aliphatic imine (C=N–C) groups is 6. The number of rotatable bonds is 12. The van der Waals surface area contributed by atoms with Crippen molar-refractivity contribution in [2.75, 3.05) is 16.0 Å². The van der Waals surface area contributed by atoms with Gasteiger partial charge in [-0.15, -0.1) is 0 Å². The smallest absolute Gasteiger partial charge is 0.246 e. The molecule has 3 aliphatic heterocycles. The van der Waals surface area contributed by atoms with Crippen molar-refractivity contribution in [3.63, 3.8) is 0 Å². The van der Waals surface area contributed by atoms with Crippen LogP contribution < -0.4 is 16.0 Å². The van der Waals surface area contributed by atoms with Crippen molar-refractivity contribution >= 4 is 70.2 Å². The van der Waals surface area contributed by atoms with Gasteiger partial charge >= 0.3 is 0 Å². The number of carbonyl (C=O) groups excluding carboxylic acids is 3. The Bertz CT molecular complexity index is 2350. The third kappa shape index (κ3) is 10.6. The van der Waals surface area contributed by atoms with Crippen LogP contribution in [0.1, 0.15) is 151 Å². The average Bonchev–Trinajstić information content (AvgIpc) is 3.33. The molecule has 3 N–H and O–H groups in total. The molecule has 0 amide bonds. The average molecular weight is 945 g/mol. The lowest BCUT2D eigenvalue weighted by atomic mass is 9.67. The second-order valence-electron chi connectivity index (χ2n) is 22.4. The lowest BCUT2D eigenvalue weighted by molar-refractivity contribution is 0.0718. The first kappa shape index (κ1) is 48.9. The fraction of sp³-hybridized carbons (Fsp3) is 0.526. The highest BCUT2D eigenvalue weighted by Gasteiger charge is 2.39. The van der Waals surface area contributed by atoms with Crippen LogP contribution in [0.3, 0.4) is 0 Å². The number of nitrogens with one attached hydrogen (secondary N) is 3. The van der Waals surface area contributed by atoms with Gasteiger partial charge in [-0.1, -0.05) is 81.6 Å². The summed E-state index contributed by atoms with van der Waals surface area (Å²) >= 11 is 0. The number of anilines is 3. The van der Waals surface area contributed by atoms with Gasteiger partial charge in [-0.2, -0.15) is 30.0 Å². The molecule has 0 bridgehead atoms. The van der Waals surface area contributed by atoms with Crippen LogP contribution in [-0.2, 0) is 0 Å². The van der Waals surface area contributed by atoms with Gasteiger partial charge in [0, 0.05) is 51.5 Å². The molecule has 3 aromatic carbocycles. The fourth-order valence-corrected chi connectivity index (χ4v) is 12.1. The van der Waals surface area contributed by atoms with Crippen LogP contribution in [0.4, 0.5) is 17.1 Å². The molecule has 0 radical (unpaired) electrons. The minimum Gasteiger partial charge on any atom is -0.324 e. The molecular formula is C57H72N10O3. The summed E-state index contributed by atoms with van der Waals surface area (Å²) in [6.45, 7) is 20.1. The Morgan fingerprint density at radius 3 is 0.914 bits per heavy atom. The molecule has 368 valence electrons. The molecule has 9 unspecified atom stereocenters. The standard InChI is InChI=1S/C57H72N10O3/c1-31(2)43-25-10-34(7)28-46(43)49(68)37-13-19-40(20-14-37)58-52-61-55-63-53(59-41-21-15-38(16-22-41)50(69)47-29-35(8)11-26-44(47)32(3)4)65-57-66-54(64-56(62-52)67(55)57)60-42-23-17-39(18-24-42)51(70)48-30-36(9)12-27-45(48)33(5)6/h13-24,31-36,43-48H,10-12,25-30H2,1-9H3,(H3,58,59,60,61,62,63,64,65,66). The molecule has 0 spiro atoms. The molecule has 3 heterocycles. The van der Waals surface area contributed by atoms with Crippen molar-refractivity contribution in [2.45, 2.75) is 120 Å². The van der Waals surface area contributed by atoms with Crippen molar-refractivity contribution in [2.24, 2.45) is 101 Å². The molecule has 9 rings (SSSR count). The SMILES string of the molecule is CC1CCC(C(C)C)C(C(=O)c2ccc(NC3=NC4=NC(Nc5ccc(C(=O)C6CC(C)CCC6C(C)C)cc5)=NC5=NC(Nc6ccc(C(=O)C7CC(C)CCC7C(C)C)cc6)=NC(=N3)N45)cc2)C1. The number of guanidine groups is 6. The summed E-state index contributed by atoms with van der Waals surface area (Å²) in [7, 11) is 0. The number of hydrogen-bond donors (Lipinski definition) is 3. The van der Waals surface area contributed by atoms with Crippen LogP contribution in [0.2, 0.25) is 0 Å². The van der Waals surface area contributed by atoms with Gasteiger partial charge in [0.1, 0.15) is 0 Å². The summed E-state index contributed by atoms with van der Waals surface area (Å²) in [5, 5.41) is 9.99. The van der Waals surface area contributed by atoms with Gasteiger partial charge in [0.05, 0.1) is 0 Å². The third-order valence-electron chi connectivity index (χ3n) is 16.2. The van der Waals surface area contributed by atoms with E-state index in [1.54, 1.807) is 4.90 Å². The van der Waals surface area contributed by atoms with Gasteiger partial charge in [0.2, 0.25) is 35.8 Å². The lowest BCUT2D eigenvalue weighted by Crippen LogP contribution is -2.49. The van der Waals surface area contributed by atoms with Crippen LogP contribution >= 0.6 is 0 Å². The van der Waals surface area contributed by atoms with Crippen LogP contribution in [-0.4, -0.2) is 58.0 Å². The van der Waals surface area contributed by atoms with Crippen molar-refractivity contribution in [3.8, 4) is 0 Å². The molecule has 9 atom stereocenters. The first-order chi connectivity index (χ1) is 33.6. The van der Waals surface area contributed by atoms with Gasteiger partial charge in [-0.3, -0.25) is 14.4 Å². The maximum atomic E-state index is 13.9. The topological polar surface area (TPSA) is 165 Å². The third-order valence-corrected chi connectivity index (χ3v) is 16.2. The predicted octanol–water partition coefficient (Wildman–Crippen LogP) is 12.5. The van der Waals surface area contributed by atoms with E-state index in [9.17, 15) is 14.4 Å². The number of benzene rings is 3. The van der Waals surface area contributed by atoms with Crippen LogP contribution in [0.5, 0.6) is 0 Å². The summed E-state index contributed by atoms with van der Waals surface area (Å²) in [6, 6.07) is 22.6. The Labute approximate surface area is 414 Å². The zero-order chi connectivity index (χ0) is 49.4. The Kier molecular flexibility index (Phi) is 14.5. The largest absolute Gasteiger partial charge is 0.324 e. The maximum absolute atomic E-state index is 13.9. The Hall–Kier alpha value is -6.11. The van der Waals surface area contributed by atoms with Crippen LogP contribution in [0, 0.1) is 71.0 Å². The highest BCUT2D eigenvalue weighted by atomic mass is 16.1. The van der Waals surface area contributed by atoms with Crippen molar-refractivity contribution < 1.29 is 14.4 Å². The first-order valence-electron chi connectivity index (χ1n) is 26.1. The van der Waals surface area contributed by atoms with Gasteiger partial charge in [0.25, 0.3) is 0 Å². The van der Waals surface area contributed by atoms with Gasteiger partial charge < -0.3 is 16.0 Å². The quantitative estimate of drug-likeness (QED) is 0.152. The molecule has 0 saturated heterocycles. The molecule has 0 aromatic heterocycles. The number of ketones is 3. The minimum absolute atomic E-state index is 0.0195. The number of nitrogens with zero attached hydrogens (tertiary/aromatic N) is 7. The molecular weight excluding hydrogens is 873 g/mol. The van der Waals surface area contributed by atoms with E-state index in [-0.39, 0.29) is 70.9 Å². The van der Waals surface area contributed by atoms with Crippen LogP contribution in [0.15, 0.2) is 103 Å². The monoisotopic (exact) mass is 945 g/mol. The van der Waals surface area contributed by atoms with Gasteiger partial charge in [0.15, 0.2) is 17.3 Å². The Morgan fingerprint density at radius 1 is 0.414 bits per heavy atom. The van der Waals surface area contributed by atoms with E-state index in [4.69, 9.17) is 30.0 Å². The zero-order valence-corrected chi connectivity index (χ0v) is 42.6. The molecule has 13 nitrogen and oxygen atoms in total. The second kappa shape index (κ2) is 20.7. The summed E-state index contributed by atoms with van der Waals surface area (Å²) in [4.78, 5) is 72.2. The lowest BCUT2D eigenvalue weighted by Gasteiger charge is -2.36. The Balaban J connectivity index is 0.971. The molecule has 3 aromatic rings. The second-order valence-corrected chi connectivity index (χ2v) is 22.4. The van der Waals surface area contributed by atoms with E-state index < -0.39 is 0 Å². The first-order valence-corrected chi connectivity index (χ1v) is 26.1. The molecule has 3 fully saturated rings. The minimum atomic E-state index is 0.0195. The molecule has 70 heavy (non-hydrogen) atoms. The van der Waals surface area contributed by atoms with E-state index in [1.165, 1.54) is 19.3 Å². The fourth-order valence-electron chi connectivity index (χ4n) is 12.1. The normalized spacial score (nSPS) is 27.6. The molecule has 13 heteroatoms. The predicted molar refractivity (Wildman–Crippen MR) is 284 cm³/mol.